The Morgan fingerprint density at radius 3 is 2.63 bits per heavy atom. The number of nitrogens with one attached hydrogen (secondary N) is 1. The fourth-order valence-electron chi connectivity index (χ4n) is 2.07. The molecule has 0 amide bonds. The quantitative estimate of drug-likeness (QED) is 0.771. The van der Waals surface area contributed by atoms with E-state index in [2.05, 4.69) is 47.3 Å². The van der Waals surface area contributed by atoms with E-state index in [0.29, 0.717) is 0 Å². The zero-order valence-electron chi connectivity index (χ0n) is 11.7. The highest BCUT2D eigenvalue weighted by Gasteiger charge is 2.03. The highest BCUT2D eigenvalue weighted by Crippen LogP contribution is 2.17. The van der Waals surface area contributed by atoms with Crippen molar-refractivity contribution in [3.63, 3.8) is 0 Å². The minimum Gasteiger partial charge on any atom is -0.497 e. The summed E-state index contributed by atoms with van der Waals surface area (Å²) in [4.78, 5) is 0. The molecule has 2 rings (SSSR count). The Morgan fingerprint density at radius 1 is 1.16 bits per heavy atom. The van der Waals surface area contributed by atoms with E-state index in [-0.39, 0.29) is 0 Å². The normalized spacial score (nSPS) is 10.6. The van der Waals surface area contributed by atoms with Gasteiger partial charge in [-0.2, -0.15) is 0 Å². The van der Waals surface area contributed by atoms with Crippen molar-refractivity contribution in [1.29, 1.82) is 0 Å². The summed E-state index contributed by atoms with van der Waals surface area (Å²) >= 11 is 0. The lowest BCUT2D eigenvalue weighted by Crippen LogP contribution is -2.16. The van der Waals surface area contributed by atoms with E-state index >= 15 is 0 Å². The molecule has 0 fully saturated rings. The average molecular weight is 258 g/mol. The summed E-state index contributed by atoms with van der Waals surface area (Å²) in [5.41, 5.74) is 2.44. The van der Waals surface area contributed by atoms with Gasteiger partial charge in [-0.05, 0) is 49.4 Å². The first-order chi connectivity index (χ1) is 9.35. The summed E-state index contributed by atoms with van der Waals surface area (Å²) < 4.78 is 7.39. The van der Waals surface area contributed by atoms with Crippen LogP contribution in [-0.2, 0) is 6.54 Å². The van der Waals surface area contributed by atoms with Gasteiger partial charge in [0.2, 0.25) is 0 Å². The number of ether oxygens (including phenoxy) is 1. The molecule has 3 nitrogen and oxygen atoms in total. The van der Waals surface area contributed by atoms with Crippen molar-refractivity contribution in [1.82, 2.24) is 9.88 Å². The van der Waals surface area contributed by atoms with Gasteiger partial charge in [-0.15, -0.1) is 0 Å². The minimum absolute atomic E-state index is 0.888. The molecule has 1 heterocycles. The molecular formula is C16H22N2O. The predicted molar refractivity (Wildman–Crippen MR) is 78.9 cm³/mol. The van der Waals surface area contributed by atoms with Crippen LogP contribution in [0.25, 0.3) is 5.69 Å². The first-order valence-corrected chi connectivity index (χ1v) is 6.86. The Kier molecular flexibility index (Phi) is 5.04. The molecule has 3 heteroatoms. The molecule has 2 aromatic rings. The number of rotatable bonds is 7. The monoisotopic (exact) mass is 258 g/mol. The molecule has 1 aromatic carbocycles. The Morgan fingerprint density at radius 2 is 1.95 bits per heavy atom. The molecule has 102 valence electrons. The third kappa shape index (κ3) is 3.61. The van der Waals surface area contributed by atoms with Crippen LogP contribution in [0.1, 0.15) is 25.5 Å². The summed E-state index contributed by atoms with van der Waals surface area (Å²) in [5, 5.41) is 3.48. The van der Waals surface area contributed by atoms with Crippen molar-refractivity contribution in [2.45, 2.75) is 26.3 Å². The van der Waals surface area contributed by atoms with Gasteiger partial charge >= 0.3 is 0 Å². The van der Waals surface area contributed by atoms with Crippen molar-refractivity contribution in [3.8, 4) is 11.4 Å². The van der Waals surface area contributed by atoms with E-state index in [9.17, 15) is 0 Å². The van der Waals surface area contributed by atoms with Gasteiger partial charge in [0, 0.05) is 24.1 Å². The number of unbranched alkanes of at least 4 members (excludes halogenated alkanes) is 1. The predicted octanol–water partition coefficient (Wildman–Crippen LogP) is 3.38. The van der Waals surface area contributed by atoms with Crippen LogP contribution >= 0.6 is 0 Å². The molecule has 0 radical (unpaired) electrons. The third-order valence-corrected chi connectivity index (χ3v) is 3.20. The van der Waals surface area contributed by atoms with Crippen molar-refractivity contribution >= 4 is 0 Å². The second-order valence-electron chi connectivity index (χ2n) is 4.60. The smallest absolute Gasteiger partial charge is 0.119 e. The number of aromatic nitrogens is 1. The van der Waals surface area contributed by atoms with Crippen LogP contribution in [0.5, 0.6) is 5.75 Å². The van der Waals surface area contributed by atoms with Crippen LogP contribution in [0.4, 0.5) is 0 Å². The Hall–Kier alpha value is -1.74. The zero-order chi connectivity index (χ0) is 13.5. The largest absolute Gasteiger partial charge is 0.497 e. The number of hydrogen-bond donors (Lipinski definition) is 1. The standard InChI is InChI=1S/C16H22N2O/c1-3-4-11-17-13-15-6-5-12-18(15)14-7-9-16(19-2)10-8-14/h5-10,12,17H,3-4,11,13H2,1-2H3. The Labute approximate surface area is 115 Å². The first-order valence-electron chi connectivity index (χ1n) is 6.86. The van der Waals surface area contributed by atoms with Gasteiger partial charge in [-0.3, -0.25) is 0 Å². The molecule has 0 aliphatic carbocycles. The van der Waals surface area contributed by atoms with Crippen molar-refractivity contribution in [2.75, 3.05) is 13.7 Å². The number of benzene rings is 1. The third-order valence-electron chi connectivity index (χ3n) is 3.20. The van der Waals surface area contributed by atoms with Gasteiger partial charge in [-0.1, -0.05) is 13.3 Å². The highest BCUT2D eigenvalue weighted by atomic mass is 16.5. The molecule has 0 saturated carbocycles. The van der Waals surface area contributed by atoms with E-state index in [4.69, 9.17) is 4.74 Å². The Bertz CT molecular complexity index is 488. The Balaban J connectivity index is 2.05. The lowest BCUT2D eigenvalue weighted by atomic mass is 10.3. The van der Waals surface area contributed by atoms with E-state index in [1.54, 1.807) is 7.11 Å². The van der Waals surface area contributed by atoms with Gasteiger partial charge in [0.05, 0.1) is 7.11 Å². The van der Waals surface area contributed by atoms with E-state index in [0.717, 1.165) is 24.5 Å². The molecular weight excluding hydrogens is 236 g/mol. The second-order valence-corrected chi connectivity index (χ2v) is 4.60. The number of nitrogens with zero attached hydrogens (tertiary/aromatic N) is 1. The lowest BCUT2D eigenvalue weighted by molar-refractivity contribution is 0.414. The van der Waals surface area contributed by atoms with Crippen LogP contribution in [0, 0.1) is 0 Å². The van der Waals surface area contributed by atoms with Crippen molar-refractivity contribution < 1.29 is 4.74 Å². The van der Waals surface area contributed by atoms with Gasteiger partial charge in [0.25, 0.3) is 0 Å². The summed E-state index contributed by atoms with van der Waals surface area (Å²) in [6, 6.07) is 12.4. The van der Waals surface area contributed by atoms with Gasteiger partial charge < -0.3 is 14.6 Å². The molecule has 0 saturated heterocycles. The summed E-state index contributed by atoms with van der Waals surface area (Å²) in [6.45, 7) is 4.19. The van der Waals surface area contributed by atoms with Gasteiger partial charge in [-0.25, -0.2) is 0 Å². The van der Waals surface area contributed by atoms with E-state index in [1.807, 2.05) is 12.1 Å². The maximum Gasteiger partial charge on any atom is 0.119 e. The molecule has 19 heavy (non-hydrogen) atoms. The molecule has 0 spiro atoms. The molecule has 0 atom stereocenters. The molecule has 0 bridgehead atoms. The van der Waals surface area contributed by atoms with Crippen molar-refractivity contribution in [3.05, 3.63) is 48.3 Å². The summed E-state index contributed by atoms with van der Waals surface area (Å²) in [5.74, 6) is 0.888. The lowest BCUT2D eigenvalue weighted by Gasteiger charge is -2.11. The molecule has 0 aliphatic heterocycles. The molecule has 1 N–H and O–H groups in total. The SMILES string of the molecule is CCCCNCc1cccn1-c1ccc(OC)cc1. The molecule has 0 unspecified atom stereocenters. The first kappa shape index (κ1) is 13.7. The minimum atomic E-state index is 0.888. The van der Waals surface area contributed by atoms with Crippen LogP contribution in [0.3, 0.4) is 0 Å². The highest BCUT2D eigenvalue weighted by molar-refractivity contribution is 5.39. The maximum absolute atomic E-state index is 5.19. The zero-order valence-corrected chi connectivity index (χ0v) is 11.7. The number of hydrogen-bond acceptors (Lipinski definition) is 2. The van der Waals surface area contributed by atoms with Crippen LogP contribution in [0.15, 0.2) is 42.6 Å². The molecule has 1 aromatic heterocycles. The number of methoxy groups -OCH3 is 1. The van der Waals surface area contributed by atoms with E-state index in [1.165, 1.54) is 18.5 Å². The second kappa shape index (κ2) is 7.00. The van der Waals surface area contributed by atoms with Gasteiger partial charge in [0.15, 0.2) is 0 Å². The fourth-order valence-corrected chi connectivity index (χ4v) is 2.07. The summed E-state index contributed by atoms with van der Waals surface area (Å²) in [7, 11) is 1.69. The van der Waals surface area contributed by atoms with Crippen LogP contribution in [0.2, 0.25) is 0 Å². The topological polar surface area (TPSA) is 26.2 Å². The van der Waals surface area contributed by atoms with E-state index < -0.39 is 0 Å². The van der Waals surface area contributed by atoms with Crippen LogP contribution in [-0.4, -0.2) is 18.2 Å². The summed E-state index contributed by atoms with van der Waals surface area (Å²) in [6.07, 6.45) is 4.55. The van der Waals surface area contributed by atoms with Crippen molar-refractivity contribution in [2.24, 2.45) is 0 Å². The van der Waals surface area contributed by atoms with Gasteiger partial charge in [0.1, 0.15) is 5.75 Å². The average Bonchev–Trinajstić information content (AvgIpc) is 2.92. The fraction of sp³-hybridized carbons (Fsp3) is 0.375. The molecule has 0 aliphatic rings. The van der Waals surface area contributed by atoms with Crippen LogP contribution < -0.4 is 10.1 Å². The maximum atomic E-state index is 5.19.